The molecule has 1 aromatic carbocycles. The Hall–Kier alpha value is -3.41. The molecule has 0 aliphatic rings. The molecular weight excluding hydrogens is 356 g/mol. The number of benzene rings is 1. The molecule has 0 radical (unpaired) electrons. The number of nitrogens with zero attached hydrogens (tertiary/aromatic N) is 2. The summed E-state index contributed by atoms with van der Waals surface area (Å²) in [6, 6.07) is 14.9. The highest BCUT2D eigenvalue weighted by Crippen LogP contribution is 2.34. The number of pyridine rings is 2. The van der Waals surface area contributed by atoms with Gasteiger partial charge in [-0.25, -0.2) is 9.97 Å². The number of methoxy groups -OCH3 is 1. The van der Waals surface area contributed by atoms with Crippen LogP contribution in [-0.2, 0) is 11.4 Å². The second kappa shape index (κ2) is 8.52. The van der Waals surface area contributed by atoms with Crippen molar-refractivity contribution in [2.75, 3.05) is 7.11 Å². The van der Waals surface area contributed by atoms with Crippen LogP contribution in [0, 0.1) is 13.8 Å². The van der Waals surface area contributed by atoms with Crippen LogP contribution in [0.5, 0.6) is 17.2 Å². The van der Waals surface area contributed by atoms with Crippen molar-refractivity contribution in [2.24, 2.45) is 0 Å². The summed E-state index contributed by atoms with van der Waals surface area (Å²) in [6.45, 7) is 5.47. The van der Waals surface area contributed by atoms with Gasteiger partial charge >= 0.3 is 5.97 Å². The largest absolute Gasteiger partial charge is 0.497 e. The average Bonchev–Trinajstić information content (AvgIpc) is 2.68. The molecule has 6 nitrogen and oxygen atoms in total. The molecule has 0 spiro atoms. The van der Waals surface area contributed by atoms with Crippen LogP contribution in [0.2, 0.25) is 0 Å². The maximum absolute atomic E-state index is 11.5. The summed E-state index contributed by atoms with van der Waals surface area (Å²) in [7, 11) is 1.63. The smallest absolute Gasteiger partial charge is 0.308 e. The van der Waals surface area contributed by atoms with E-state index in [1.54, 1.807) is 19.2 Å². The van der Waals surface area contributed by atoms with Crippen LogP contribution in [0.15, 0.2) is 48.5 Å². The Morgan fingerprint density at radius 3 is 2.00 bits per heavy atom. The van der Waals surface area contributed by atoms with Gasteiger partial charge in [0.15, 0.2) is 5.75 Å². The van der Waals surface area contributed by atoms with Gasteiger partial charge in [0.25, 0.3) is 0 Å². The van der Waals surface area contributed by atoms with Gasteiger partial charge in [0.05, 0.1) is 7.11 Å². The lowest BCUT2D eigenvalue weighted by Gasteiger charge is -2.14. The Balaban J connectivity index is 1.95. The predicted octanol–water partition coefficient (Wildman–Crippen LogP) is 4.27. The van der Waals surface area contributed by atoms with Crippen LogP contribution in [0.25, 0.3) is 11.4 Å². The first-order valence-electron chi connectivity index (χ1n) is 8.86. The second-order valence-corrected chi connectivity index (χ2v) is 6.33. The zero-order chi connectivity index (χ0) is 20.1. The van der Waals surface area contributed by atoms with E-state index < -0.39 is 5.97 Å². The third-order valence-corrected chi connectivity index (χ3v) is 4.03. The van der Waals surface area contributed by atoms with Gasteiger partial charge in [0.1, 0.15) is 29.5 Å². The van der Waals surface area contributed by atoms with Crippen molar-refractivity contribution in [3.63, 3.8) is 0 Å². The summed E-state index contributed by atoms with van der Waals surface area (Å²) >= 11 is 0. The Kier molecular flexibility index (Phi) is 5.89. The van der Waals surface area contributed by atoms with E-state index in [-0.39, 0.29) is 0 Å². The highest BCUT2D eigenvalue weighted by molar-refractivity contribution is 5.75. The van der Waals surface area contributed by atoms with Gasteiger partial charge in [-0.3, -0.25) is 4.79 Å². The summed E-state index contributed by atoms with van der Waals surface area (Å²) in [5.41, 5.74) is 3.60. The first kappa shape index (κ1) is 19.4. The molecular formula is C22H22N2O4. The molecule has 0 unspecified atom stereocenters. The monoisotopic (exact) mass is 378 g/mol. The fourth-order valence-corrected chi connectivity index (χ4v) is 2.66. The lowest BCUT2D eigenvalue weighted by molar-refractivity contribution is -0.131. The predicted molar refractivity (Wildman–Crippen MR) is 106 cm³/mol. The summed E-state index contributed by atoms with van der Waals surface area (Å²) in [5, 5.41) is 0. The number of ether oxygens (including phenoxy) is 3. The number of hydrogen-bond donors (Lipinski definition) is 0. The normalized spacial score (nSPS) is 10.4. The molecule has 0 aliphatic heterocycles. The zero-order valence-corrected chi connectivity index (χ0v) is 16.4. The minimum Gasteiger partial charge on any atom is -0.497 e. The Bertz CT molecular complexity index is 984. The highest BCUT2D eigenvalue weighted by Gasteiger charge is 2.17. The lowest BCUT2D eigenvalue weighted by atomic mass is 10.1. The second-order valence-electron chi connectivity index (χ2n) is 6.33. The van der Waals surface area contributed by atoms with Crippen LogP contribution < -0.4 is 14.2 Å². The molecule has 6 heteroatoms. The molecule has 2 aromatic heterocycles. The lowest BCUT2D eigenvalue weighted by Crippen LogP contribution is -2.06. The molecule has 0 saturated carbocycles. The van der Waals surface area contributed by atoms with Crippen LogP contribution in [0.1, 0.15) is 23.9 Å². The Morgan fingerprint density at radius 2 is 1.43 bits per heavy atom. The van der Waals surface area contributed by atoms with Crippen molar-refractivity contribution < 1.29 is 19.0 Å². The molecule has 28 heavy (non-hydrogen) atoms. The van der Waals surface area contributed by atoms with Crippen LogP contribution >= 0.6 is 0 Å². The Labute approximate surface area is 164 Å². The van der Waals surface area contributed by atoms with Crippen molar-refractivity contribution in [1.29, 1.82) is 0 Å². The highest BCUT2D eigenvalue weighted by atomic mass is 16.5. The number of esters is 1. The third kappa shape index (κ3) is 4.65. The molecule has 0 atom stereocenters. The van der Waals surface area contributed by atoms with Crippen LogP contribution in [0.3, 0.4) is 0 Å². The van der Waals surface area contributed by atoms with E-state index in [1.165, 1.54) is 6.92 Å². The zero-order valence-electron chi connectivity index (χ0n) is 16.4. The van der Waals surface area contributed by atoms with Crippen molar-refractivity contribution in [3.05, 3.63) is 65.5 Å². The van der Waals surface area contributed by atoms with Crippen LogP contribution in [-0.4, -0.2) is 23.0 Å². The van der Waals surface area contributed by atoms with Crippen LogP contribution in [0.4, 0.5) is 0 Å². The summed E-state index contributed by atoms with van der Waals surface area (Å²) in [4.78, 5) is 20.6. The van der Waals surface area contributed by atoms with Gasteiger partial charge in [0.2, 0.25) is 0 Å². The number of carbonyl (C=O) groups is 1. The van der Waals surface area contributed by atoms with Crippen molar-refractivity contribution in [2.45, 2.75) is 27.4 Å². The van der Waals surface area contributed by atoms with Gasteiger partial charge in [-0.05, 0) is 55.8 Å². The molecule has 0 aliphatic carbocycles. The average molecular weight is 378 g/mol. The molecule has 0 fully saturated rings. The summed E-state index contributed by atoms with van der Waals surface area (Å²) < 4.78 is 16.5. The minimum absolute atomic E-state index is 0.352. The SMILES string of the molecule is COc1ccc(COc2ccc(C)nc2-c2nc(C)ccc2OC(C)=O)cc1. The fraction of sp³-hybridized carbons (Fsp3) is 0.227. The number of rotatable bonds is 6. The van der Waals surface area contributed by atoms with Gasteiger partial charge in [-0.15, -0.1) is 0 Å². The number of aromatic nitrogens is 2. The molecule has 0 saturated heterocycles. The van der Waals surface area contributed by atoms with E-state index >= 15 is 0 Å². The van der Waals surface area contributed by atoms with E-state index in [0.29, 0.717) is 29.5 Å². The van der Waals surface area contributed by atoms with Gasteiger partial charge in [-0.1, -0.05) is 12.1 Å². The molecule has 144 valence electrons. The maximum Gasteiger partial charge on any atom is 0.308 e. The topological polar surface area (TPSA) is 70.5 Å². The van der Waals surface area contributed by atoms with Crippen molar-refractivity contribution in [1.82, 2.24) is 9.97 Å². The first-order chi connectivity index (χ1) is 13.5. The molecule has 0 N–H and O–H groups in total. The van der Waals surface area contributed by atoms with Gasteiger partial charge in [0, 0.05) is 18.3 Å². The van der Waals surface area contributed by atoms with Crippen molar-refractivity contribution >= 4 is 5.97 Å². The molecule has 2 heterocycles. The third-order valence-electron chi connectivity index (χ3n) is 4.03. The number of carbonyl (C=O) groups excluding carboxylic acids is 1. The summed E-state index contributed by atoms with van der Waals surface area (Å²) in [6.07, 6.45) is 0. The molecule has 0 amide bonds. The van der Waals surface area contributed by atoms with E-state index in [9.17, 15) is 4.79 Å². The van der Waals surface area contributed by atoms with E-state index in [1.807, 2.05) is 50.2 Å². The van der Waals surface area contributed by atoms with E-state index in [0.717, 1.165) is 22.7 Å². The summed E-state index contributed by atoms with van der Waals surface area (Å²) in [5.74, 6) is 1.29. The van der Waals surface area contributed by atoms with Gasteiger partial charge < -0.3 is 14.2 Å². The first-order valence-corrected chi connectivity index (χ1v) is 8.86. The standard InChI is InChI=1S/C22H22N2O4/c1-14-5-11-19(27-13-17-7-9-18(26-4)10-8-17)21(23-14)22-20(28-16(3)25)12-6-15(2)24-22/h5-12H,13H2,1-4H3. The maximum atomic E-state index is 11.5. The Morgan fingerprint density at radius 1 is 0.857 bits per heavy atom. The number of hydrogen-bond acceptors (Lipinski definition) is 6. The molecule has 3 rings (SSSR count). The quantitative estimate of drug-likeness (QED) is 0.597. The van der Waals surface area contributed by atoms with Crippen molar-refractivity contribution in [3.8, 4) is 28.6 Å². The van der Waals surface area contributed by atoms with Gasteiger partial charge in [-0.2, -0.15) is 0 Å². The van der Waals surface area contributed by atoms with E-state index in [2.05, 4.69) is 9.97 Å². The number of aryl methyl sites for hydroxylation is 2. The molecule has 0 bridgehead atoms. The molecule has 3 aromatic rings. The van der Waals surface area contributed by atoms with E-state index in [4.69, 9.17) is 14.2 Å². The fourth-order valence-electron chi connectivity index (χ4n) is 2.66. The minimum atomic E-state index is -0.416.